The van der Waals surface area contributed by atoms with Gasteiger partial charge in [0.1, 0.15) is 0 Å². The summed E-state index contributed by atoms with van der Waals surface area (Å²) >= 11 is 0. The van der Waals surface area contributed by atoms with Crippen LogP contribution in [0.1, 0.15) is 20.8 Å². The van der Waals surface area contributed by atoms with Crippen LogP contribution >= 0.6 is 0 Å². The Hall–Kier alpha value is -0.160. The van der Waals surface area contributed by atoms with Gasteiger partial charge in [-0.05, 0) is 20.8 Å². The molecule has 0 spiro atoms. The summed E-state index contributed by atoms with van der Waals surface area (Å²) in [4.78, 5) is 2.49. The molecule has 94 valence electrons. The second kappa shape index (κ2) is 5.00. The minimum Gasteiger partial charge on any atom is -0.374 e. The third-order valence-corrected chi connectivity index (χ3v) is 3.53. The van der Waals surface area contributed by atoms with Crippen molar-refractivity contribution < 1.29 is 9.47 Å². The highest BCUT2D eigenvalue weighted by Crippen LogP contribution is 2.20. The van der Waals surface area contributed by atoms with Gasteiger partial charge < -0.3 is 14.8 Å². The van der Waals surface area contributed by atoms with E-state index >= 15 is 0 Å². The molecule has 2 aliphatic rings. The first-order valence-corrected chi connectivity index (χ1v) is 6.29. The van der Waals surface area contributed by atoms with Crippen LogP contribution in [0.2, 0.25) is 0 Å². The Morgan fingerprint density at radius 1 is 1.38 bits per heavy atom. The highest BCUT2D eigenvalue weighted by Gasteiger charge is 2.33. The number of hydrogen-bond acceptors (Lipinski definition) is 4. The van der Waals surface area contributed by atoms with Gasteiger partial charge in [-0.25, -0.2) is 0 Å². The van der Waals surface area contributed by atoms with E-state index in [1.807, 2.05) is 0 Å². The van der Waals surface area contributed by atoms with Crippen LogP contribution in [0.3, 0.4) is 0 Å². The lowest BCUT2D eigenvalue weighted by atomic mass is 10.0. The fourth-order valence-corrected chi connectivity index (χ4v) is 2.53. The van der Waals surface area contributed by atoms with Gasteiger partial charge in [0, 0.05) is 32.2 Å². The van der Waals surface area contributed by atoms with E-state index in [0.717, 1.165) is 39.4 Å². The summed E-state index contributed by atoms with van der Waals surface area (Å²) in [5.41, 5.74) is -0.0192. The van der Waals surface area contributed by atoms with Gasteiger partial charge >= 0.3 is 0 Å². The first kappa shape index (κ1) is 12.3. The summed E-state index contributed by atoms with van der Waals surface area (Å²) in [6.07, 6.45) is 0.322. The van der Waals surface area contributed by atoms with Crippen molar-refractivity contribution in [3.63, 3.8) is 0 Å². The summed E-state index contributed by atoms with van der Waals surface area (Å²) in [5, 5.41) is 3.39. The number of rotatable bonds is 2. The summed E-state index contributed by atoms with van der Waals surface area (Å²) in [7, 11) is 0. The van der Waals surface area contributed by atoms with Crippen LogP contribution in [0.25, 0.3) is 0 Å². The predicted octanol–water partition coefficient (Wildman–Crippen LogP) is 0.474. The molecule has 2 heterocycles. The fourth-order valence-electron chi connectivity index (χ4n) is 2.53. The van der Waals surface area contributed by atoms with Crippen molar-refractivity contribution in [3.8, 4) is 0 Å². The Labute approximate surface area is 98.3 Å². The Bertz CT molecular complexity index is 227. The van der Waals surface area contributed by atoms with Gasteiger partial charge in [0.2, 0.25) is 0 Å². The molecule has 2 saturated heterocycles. The first-order valence-electron chi connectivity index (χ1n) is 6.29. The van der Waals surface area contributed by atoms with E-state index in [2.05, 4.69) is 31.0 Å². The Morgan fingerprint density at radius 2 is 2.19 bits per heavy atom. The first-order chi connectivity index (χ1) is 7.58. The van der Waals surface area contributed by atoms with Gasteiger partial charge in [-0.1, -0.05) is 0 Å². The van der Waals surface area contributed by atoms with Crippen molar-refractivity contribution in [2.75, 3.05) is 39.4 Å². The molecule has 0 aromatic carbocycles. The van der Waals surface area contributed by atoms with E-state index in [1.165, 1.54) is 0 Å². The molecule has 4 nitrogen and oxygen atoms in total. The molecule has 16 heavy (non-hydrogen) atoms. The lowest BCUT2D eigenvalue weighted by Crippen LogP contribution is -2.57. The van der Waals surface area contributed by atoms with Crippen LogP contribution in [-0.2, 0) is 9.47 Å². The van der Waals surface area contributed by atoms with Gasteiger partial charge in [0.05, 0.1) is 24.9 Å². The van der Waals surface area contributed by atoms with Crippen LogP contribution in [-0.4, -0.2) is 62.0 Å². The van der Waals surface area contributed by atoms with Gasteiger partial charge in [-0.15, -0.1) is 0 Å². The van der Waals surface area contributed by atoms with E-state index in [0.29, 0.717) is 12.1 Å². The van der Waals surface area contributed by atoms with Crippen LogP contribution in [0.5, 0.6) is 0 Å². The van der Waals surface area contributed by atoms with Crippen molar-refractivity contribution in [2.45, 2.75) is 38.5 Å². The largest absolute Gasteiger partial charge is 0.374 e. The highest BCUT2D eigenvalue weighted by molar-refractivity contribution is 4.87. The zero-order valence-electron chi connectivity index (χ0n) is 10.7. The third-order valence-electron chi connectivity index (χ3n) is 3.53. The molecule has 0 aliphatic carbocycles. The minimum atomic E-state index is -0.0192. The summed E-state index contributed by atoms with van der Waals surface area (Å²) in [6, 6.07) is 0.468. The molecule has 2 fully saturated rings. The number of hydrogen-bond donors (Lipinski definition) is 1. The lowest BCUT2D eigenvalue weighted by Gasteiger charge is -2.44. The van der Waals surface area contributed by atoms with Gasteiger partial charge in [0.15, 0.2) is 0 Å². The summed E-state index contributed by atoms with van der Waals surface area (Å²) < 4.78 is 11.6. The maximum Gasteiger partial charge on any atom is 0.0852 e. The molecular weight excluding hydrogens is 204 g/mol. The molecule has 0 aromatic heterocycles. The highest BCUT2D eigenvalue weighted by atomic mass is 16.5. The Kier molecular flexibility index (Phi) is 3.85. The van der Waals surface area contributed by atoms with Gasteiger partial charge in [0.25, 0.3) is 0 Å². The van der Waals surface area contributed by atoms with Crippen molar-refractivity contribution in [1.29, 1.82) is 0 Å². The quantitative estimate of drug-likeness (QED) is 0.745. The molecule has 0 amide bonds. The number of ether oxygens (including phenoxy) is 2. The molecule has 2 atom stereocenters. The monoisotopic (exact) mass is 228 g/mol. The average Bonchev–Trinajstić information content (AvgIpc) is 2.28. The van der Waals surface area contributed by atoms with Gasteiger partial charge in [-0.3, -0.25) is 4.90 Å². The molecule has 0 aromatic rings. The SMILES string of the molecule is CC(C1CNCCO1)N1CCOC(C)(C)C1. The van der Waals surface area contributed by atoms with Crippen molar-refractivity contribution in [2.24, 2.45) is 0 Å². The second-order valence-electron chi connectivity index (χ2n) is 5.43. The van der Waals surface area contributed by atoms with E-state index in [1.54, 1.807) is 0 Å². The standard InChI is InChI=1S/C12H24N2O2/c1-10(11-8-13-4-6-15-11)14-5-7-16-12(2,3)9-14/h10-11,13H,4-9H2,1-3H3. The normalized spacial score (nSPS) is 33.6. The molecule has 0 bridgehead atoms. The van der Waals surface area contributed by atoms with Crippen LogP contribution in [0, 0.1) is 0 Å². The topological polar surface area (TPSA) is 33.7 Å². The molecule has 2 rings (SSSR count). The average molecular weight is 228 g/mol. The predicted molar refractivity (Wildman–Crippen MR) is 63.7 cm³/mol. The zero-order valence-corrected chi connectivity index (χ0v) is 10.7. The number of nitrogens with zero attached hydrogens (tertiary/aromatic N) is 1. The van der Waals surface area contributed by atoms with Gasteiger partial charge in [-0.2, -0.15) is 0 Å². The molecule has 2 aliphatic heterocycles. The number of morpholine rings is 2. The smallest absolute Gasteiger partial charge is 0.0852 e. The van der Waals surface area contributed by atoms with E-state index in [9.17, 15) is 0 Å². The molecule has 0 saturated carbocycles. The molecule has 0 radical (unpaired) electrons. The van der Waals surface area contributed by atoms with Crippen LogP contribution in [0.4, 0.5) is 0 Å². The fraction of sp³-hybridized carbons (Fsp3) is 1.00. The molecule has 1 N–H and O–H groups in total. The molecule has 2 unspecified atom stereocenters. The van der Waals surface area contributed by atoms with E-state index < -0.39 is 0 Å². The Balaban J connectivity index is 1.90. The molecule has 4 heteroatoms. The summed E-state index contributed by atoms with van der Waals surface area (Å²) in [5.74, 6) is 0. The lowest BCUT2D eigenvalue weighted by molar-refractivity contribution is -0.117. The maximum absolute atomic E-state index is 5.82. The van der Waals surface area contributed by atoms with E-state index in [-0.39, 0.29) is 5.60 Å². The summed E-state index contributed by atoms with van der Waals surface area (Å²) in [6.45, 7) is 12.2. The van der Waals surface area contributed by atoms with Crippen molar-refractivity contribution in [1.82, 2.24) is 10.2 Å². The van der Waals surface area contributed by atoms with Crippen LogP contribution < -0.4 is 5.32 Å². The van der Waals surface area contributed by atoms with Crippen LogP contribution in [0.15, 0.2) is 0 Å². The second-order valence-corrected chi connectivity index (χ2v) is 5.43. The van der Waals surface area contributed by atoms with Crippen molar-refractivity contribution >= 4 is 0 Å². The third kappa shape index (κ3) is 2.94. The van der Waals surface area contributed by atoms with Crippen molar-refractivity contribution in [3.05, 3.63) is 0 Å². The zero-order chi connectivity index (χ0) is 11.6. The van der Waals surface area contributed by atoms with E-state index in [4.69, 9.17) is 9.47 Å². The molecular formula is C12H24N2O2. The maximum atomic E-state index is 5.82. The Morgan fingerprint density at radius 3 is 2.81 bits per heavy atom. The number of nitrogens with one attached hydrogen (secondary N) is 1. The minimum absolute atomic E-state index is 0.0192.